The van der Waals surface area contributed by atoms with Crippen LogP contribution >= 0.6 is 11.3 Å². The summed E-state index contributed by atoms with van der Waals surface area (Å²) < 4.78 is 0. The Bertz CT molecular complexity index is 507. The van der Waals surface area contributed by atoms with Crippen molar-refractivity contribution in [2.75, 3.05) is 5.32 Å². The summed E-state index contributed by atoms with van der Waals surface area (Å²) in [6, 6.07) is 0. The highest BCUT2D eigenvalue weighted by Gasteiger charge is 2.27. The molecule has 2 N–H and O–H groups in total. The summed E-state index contributed by atoms with van der Waals surface area (Å²) in [6.07, 6.45) is 4.52. The Balaban J connectivity index is 2.21. The van der Waals surface area contributed by atoms with Crippen LogP contribution in [0.1, 0.15) is 53.9 Å². The van der Waals surface area contributed by atoms with Crippen LogP contribution in [0.2, 0.25) is 0 Å². The van der Waals surface area contributed by atoms with Gasteiger partial charge in [-0.15, -0.1) is 11.3 Å². The lowest BCUT2D eigenvalue weighted by molar-refractivity contribution is -0.119. The van der Waals surface area contributed by atoms with E-state index in [1.807, 2.05) is 13.8 Å². The Morgan fingerprint density at radius 3 is 2.79 bits per heavy atom. The van der Waals surface area contributed by atoms with Gasteiger partial charge < -0.3 is 10.4 Å². The number of carbonyl (C=O) groups is 2. The first-order valence-electron chi connectivity index (χ1n) is 6.73. The van der Waals surface area contributed by atoms with E-state index in [9.17, 15) is 14.7 Å². The van der Waals surface area contributed by atoms with Crippen molar-refractivity contribution < 1.29 is 14.7 Å². The monoisotopic (exact) mass is 281 g/mol. The molecular formula is C14H19NO3S. The van der Waals surface area contributed by atoms with Gasteiger partial charge in [-0.25, -0.2) is 4.79 Å². The maximum absolute atomic E-state index is 12.0. The normalized spacial score (nSPS) is 15.1. The first-order valence-corrected chi connectivity index (χ1v) is 7.55. The number of carbonyl (C=O) groups excluding carboxylic acids is 1. The molecule has 1 amide bonds. The highest BCUT2D eigenvalue weighted by atomic mass is 32.1. The van der Waals surface area contributed by atoms with Crippen LogP contribution in [0.5, 0.6) is 0 Å². The van der Waals surface area contributed by atoms with Crippen LogP contribution in [0.25, 0.3) is 0 Å². The van der Waals surface area contributed by atoms with Crippen molar-refractivity contribution in [3.8, 4) is 0 Å². The van der Waals surface area contributed by atoms with Crippen molar-refractivity contribution in [1.82, 2.24) is 0 Å². The number of aromatic carboxylic acids is 1. The molecule has 2 rings (SSSR count). The van der Waals surface area contributed by atoms with Crippen LogP contribution in [0.4, 0.5) is 5.00 Å². The van der Waals surface area contributed by atoms with Crippen LogP contribution in [-0.2, 0) is 17.6 Å². The van der Waals surface area contributed by atoms with Gasteiger partial charge in [0, 0.05) is 10.8 Å². The third kappa shape index (κ3) is 2.81. The predicted octanol–water partition coefficient (Wildman–Crippen LogP) is 3.31. The summed E-state index contributed by atoms with van der Waals surface area (Å²) in [4.78, 5) is 24.5. The number of anilines is 1. The highest BCUT2D eigenvalue weighted by Crippen LogP contribution is 2.39. The summed E-state index contributed by atoms with van der Waals surface area (Å²) in [7, 11) is 0. The van der Waals surface area contributed by atoms with Gasteiger partial charge in [-0.3, -0.25) is 4.79 Å². The Morgan fingerprint density at radius 2 is 2.16 bits per heavy atom. The number of rotatable bonds is 5. The minimum atomic E-state index is -0.933. The number of hydrogen-bond acceptors (Lipinski definition) is 3. The van der Waals surface area contributed by atoms with E-state index in [4.69, 9.17) is 0 Å². The van der Waals surface area contributed by atoms with Gasteiger partial charge in [-0.05, 0) is 31.2 Å². The number of carboxylic acids is 1. The third-order valence-electron chi connectivity index (χ3n) is 3.54. The van der Waals surface area contributed by atoms with E-state index in [-0.39, 0.29) is 11.8 Å². The van der Waals surface area contributed by atoms with Gasteiger partial charge in [0.05, 0.1) is 5.56 Å². The molecule has 1 aromatic heterocycles. The lowest BCUT2D eigenvalue weighted by Crippen LogP contribution is -2.21. The fourth-order valence-electron chi connectivity index (χ4n) is 2.52. The second kappa shape index (κ2) is 5.74. The second-order valence-electron chi connectivity index (χ2n) is 5.05. The van der Waals surface area contributed by atoms with Gasteiger partial charge in [-0.2, -0.15) is 0 Å². The summed E-state index contributed by atoms with van der Waals surface area (Å²) in [5.74, 6) is -1.09. The zero-order chi connectivity index (χ0) is 14.0. The molecule has 1 unspecified atom stereocenters. The van der Waals surface area contributed by atoms with Crippen LogP contribution < -0.4 is 5.32 Å². The Hall–Kier alpha value is -1.36. The molecule has 1 heterocycles. The van der Waals surface area contributed by atoms with Crippen LogP contribution in [0.3, 0.4) is 0 Å². The molecule has 5 heteroatoms. The van der Waals surface area contributed by atoms with Gasteiger partial charge in [-0.1, -0.05) is 20.3 Å². The van der Waals surface area contributed by atoms with Gasteiger partial charge in [0.1, 0.15) is 5.00 Å². The topological polar surface area (TPSA) is 66.4 Å². The number of thiophene rings is 1. The molecule has 0 aromatic carbocycles. The molecule has 1 aromatic rings. The highest BCUT2D eigenvalue weighted by molar-refractivity contribution is 7.17. The Labute approximate surface area is 116 Å². The molecule has 4 nitrogen and oxygen atoms in total. The predicted molar refractivity (Wildman–Crippen MR) is 76.0 cm³/mol. The number of hydrogen-bond donors (Lipinski definition) is 2. The number of carboxylic acid groups (broad SMARTS) is 1. The Morgan fingerprint density at radius 1 is 1.42 bits per heavy atom. The van der Waals surface area contributed by atoms with E-state index >= 15 is 0 Å². The standard InChI is InChI=1S/C14H19NO3S/c1-3-5-8(2)12(16)15-13-11(14(17)18)9-6-4-7-10(9)19-13/h8H,3-7H2,1-2H3,(H,15,16)(H,17,18). The fraction of sp³-hybridized carbons (Fsp3) is 0.571. The van der Waals surface area contributed by atoms with Crippen molar-refractivity contribution >= 4 is 28.2 Å². The first-order chi connectivity index (χ1) is 9.04. The first kappa shape index (κ1) is 14.1. The SMILES string of the molecule is CCCC(C)C(=O)Nc1sc2c(c1C(=O)O)CCC2. The third-order valence-corrected chi connectivity index (χ3v) is 4.75. The van der Waals surface area contributed by atoms with Crippen molar-refractivity contribution in [1.29, 1.82) is 0 Å². The lowest BCUT2D eigenvalue weighted by Gasteiger charge is -2.10. The minimum Gasteiger partial charge on any atom is -0.478 e. The van der Waals surface area contributed by atoms with Crippen LogP contribution in [-0.4, -0.2) is 17.0 Å². The van der Waals surface area contributed by atoms with Crippen molar-refractivity contribution in [3.05, 3.63) is 16.0 Å². The largest absolute Gasteiger partial charge is 0.478 e. The number of fused-ring (bicyclic) bond motifs is 1. The average Bonchev–Trinajstić information content (AvgIpc) is 2.88. The summed E-state index contributed by atoms with van der Waals surface area (Å²) in [5.41, 5.74) is 1.24. The molecule has 0 aliphatic heterocycles. The molecule has 1 atom stereocenters. The van der Waals surface area contributed by atoms with Crippen molar-refractivity contribution in [3.63, 3.8) is 0 Å². The molecule has 0 radical (unpaired) electrons. The van der Waals surface area contributed by atoms with E-state index in [0.29, 0.717) is 10.6 Å². The minimum absolute atomic E-state index is 0.0794. The average molecular weight is 281 g/mol. The Kier molecular flexibility index (Phi) is 4.24. The summed E-state index contributed by atoms with van der Waals surface area (Å²) >= 11 is 1.43. The fourth-order valence-corrected chi connectivity index (χ4v) is 3.80. The van der Waals surface area contributed by atoms with Crippen LogP contribution in [0, 0.1) is 5.92 Å². The second-order valence-corrected chi connectivity index (χ2v) is 6.15. The maximum atomic E-state index is 12.0. The molecule has 0 fully saturated rings. The van der Waals surface area contributed by atoms with Gasteiger partial charge >= 0.3 is 5.97 Å². The maximum Gasteiger partial charge on any atom is 0.339 e. The molecule has 0 bridgehead atoms. The van der Waals surface area contributed by atoms with E-state index in [1.54, 1.807) is 0 Å². The molecule has 0 saturated carbocycles. The summed E-state index contributed by atoms with van der Waals surface area (Å²) in [6.45, 7) is 3.91. The molecule has 0 saturated heterocycles. The van der Waals surface area contributed by atoms with E-state index in [2.05, 4.69) is 5.32 Å². The van der Waals surface area contributed by atoms with Gasteiger partial charge in [0.25, 0.3) is 0 Å². The van der Waals surface area contributed by atoms with Crippen molar-refractivity contribution in [2.24, 2.45) is 5.92 Å². The van der Waals surface area contributed by atoms with E-state index in [0.717, 1.165) is 42.5 Å². The summed E-state index contributed by atoms with van der Waals surface area (Å²) in [5, 5.41) is 12.7. The molecule has 0 spiro atoms. The quantitative estimate of drug-likeness (QED) is 0.870. The van der Waals surface area contributed by atoms with Crippen LogP contribution in [0.15, 0.2) is 0 Å². The van der Waals surface area contributed by atoms with E-state index < -0.39 is 5.97 Å². The van der Waals surface area contributed by atoms with Gasteiger partial charge in [0.2, 0.25) is 5.91 Å². The zero-order valence-electron chi connectivity index (χ0n) is 11.3. The molecular weight excluding hydrogens is 262 g/mol. The molecule has 104 valence electrons. The molecule has 1 aliphatic rings. The van der Waals surface area contributed by atoms with Gasteiger partial charge in [0.15, 0.2) is 0 Å². The molecule has 19 heavy (non-hydrogen) atoms. The number of aryl methyl sites for hydroxylation is 1. The lowest BCUT2D eigenvalue weighted by atomic mass is 10.1. The number of nitrogens with one attached hydrogen (secondary N) is 1. The zero-order valence-corrected chi connectivity index (χ0v) is 12.1. The molecule has 1 aliphatic carbocycles. The van der Waals surface area contributed by atoms with Crippen molar-refractivity contribution in [2.45, 2.75) is 46.0 Å². The number of amides is 1. The van der Waals surface area contributed by atoms with E-state index in [1.165, 1.54) is 11.3 Å². The smallest absolute Gasteiger partial charge is 0.339 e.